The topological polar surface area (TPSA) is 21.3 Å². The summed E-state index contributed by atoms with van der Waals surface area (Å²) in [5, 5.41) is 3.61. The van der Waals surface area contributed by atoms with E-state index in [2.05, 4.69) is 25.7 Å². The van der Waals surface area contributed by atoms with Crippen molar-refractivity contribution in [2.75, 3.05) is 13.2 Å². The van der Waals surface area contributed by atoms with Crippen LogP contribution in [-0.2, 0) is 4.74 Å². The monoisotopic (exact) mass is 225 g/mol. The third-order valence-corrected chi connectivity index (χ3v) is 3.10. The van der Waals surface area contributed by atoms with Gasteiger partial charge in [0.1, 0.15) is 0 Å². The Bertz CT molecular complexity index is 197. The van der Waals surface area contributed by atoms with Crippen LogP contribution in [0, 0.1) is 0 Å². The van der Waals surface area contributed by atoms with E-state index in [0.717, 1.165) is 26.0 Å². The molecule has 0 aromatic carbocycles. The van der Waals surface area contributed by atoms with Crippen molar-refractivity contribution in [3.8, 4) is 0 Å². The van der Waals surface area contributed by atoms with E-state index >= 15 is 0 Å². The molecule has 1 aliphatic heterocycles. The van der Waals surface area contributed by atoms with E-state index in [1.54, 1.807) is 0 Å². The third-order valence-electron chi connectivity index (χ3n) is 3.10. The van der Waals surface area contributed by atoms with Crippen LogP contribution >= 0.6 is 0 Å². The maximum absolute atomic E-state index is 5.80. The Morgan fingerprint density at radius 2 is 2.31 bits per heavy atom. The molecule has 0 aromatic rings. The lowest BCUT2D eigenvalue weighted by Gasteiger charge is -2.27. The molecule has 0 aromatic heterocycles. The zero-order valence-electron chi connectivity index (χ0n) is 10.9. The summed E-state index contributed by atoms with van der Waals surface area (Å²) < 4.78 is 5.80. The molecule has 1 N–H and O–H groups in total. The van der Waals surface area contributed by atoms with E-state index in [0.29, 0.717) is 12.1 Å². The summed E-state index contributed by atoms with van der Waals surface area (Å²) in [4.78, 5) is 0. The van der Waals surface area contributed by atoms with Gasteiger partial charge in [-0.15, -0.1) is 6.58 Å². The number of hydrogen-bond donors (Lipinski definition) is 1. The van der Waals surface area contributed by atoms with Crippen LogP contribution in [0.15, 0.2) is 12.2 Å². The Labute approximate surface area is 100 Å². The average molecular weight is 225 g/mol. The van der Waals surface area contributed by atoms with Gasteiger partial charge >= 0.3 is 0 Å². The zero-order chi connectivity index (χ0) is 11.8. The summed E-state index contributed by atoms with van der Waals surface area (Å²) in [5.74, 6) is 0. The maximum atomic E-state index is 5.80. The van der Waals surface area contributed by atoms with E-state index in [-0.39, 0.29) is 0 Å². The van der Waals surface area contributed by atoms with Crippen LogP contribution in [0.2, 0.25) is 0 Å². The fourth-order valence-electron chi connectivity index (χ4n) is 2.32. The molecule has 1 heterocycles. The van der Waals surface area contributed by atoms with Gasteiger partial charge < -0.3 is 10.1 Å². The largest absolute Gasteiger partial charge is 0.378 e. The fourth-order valence-corrected chi connectivity index (χ4v) is 2.32. The van der Waals surface area contributed by atoms with Crippen LogP contribution in [0.1, 0.15) is 52.4 Å². The van der Waals surface area contributed by atoms with Gasteiger partial charge in [0, 0.05) is 12.6 Å². The smallest absolute Gasteiger partial charge is 0.0590 e. The van der Waals surface area contributed by atoms with Crippen molar-refractivity contribution in [2.24, 2.45) is 0 Å². The third kappa shape index (κ3) is 5.66. The first-order chi connectivity index (χ1) is 7.72. The summed E-state index contributed by atoms with van der Waals surface area (Å²) in [7, 11) is 0. The van der Waals surface area contributed by atoms with Gasteiger partial charge in [-0.05, 0) is 52.0 Å². The Kier molecular flexibility index (Phi) is 6.74. The van der Waals surface area contributed by atoms with Crippen LogP contribution in [0.25, 0.3) is 0 Å². The molecule has 0 radical (unpaired) electrons. The Balaban J connectivity index is 2.31. The molecule has 0 aliphatic carbocycles. The summed E-state index contributed by atoms with van der Waals surface area (Å²) >= 11 is 0. The van der Waals surface area contributed by atoms with E-state index in [1.165, 1.54) is 31.3 Å². The second-order valence-electron chi connectivity index (χ2n) is 5.04. The van der Waals surface area contributed by atoms with Crippen molar-refractivity contribution in [2.45, 2.75) is 64.5 Å². The minimum atomic E-state index is 0.474. The number of ether oxygens (including phenoxy) is 1. The second-order valence-corrected chi connectivity index (χ2v) is 5.04. The average Bonchev–Trinajstić information content (AvgIpc) is 2.26. The van der Waals surface area contributed by atoms with Crippen molar-refractivity contribution in [3.63, 3.8) is 0 Å². The molecule has 0 amide bonds. The predicted octanol–water partition coefficient (Wildman–Crippen LogP) is 3.28. The lowest BCUT2D eigenvalue weighted by molar-refractivity contribution is 0.00528. The number of nitrogens with one attached hydrogen (secondary N) is 1. The molecule has 0 bridgehead atoms. The van der Waals surface area contributed by atoms with Gasteiger partial charge in [-0.25, -0.2) is 0 Å². The van der Waals surface area contributed by atoms with Crippen molar-refractivity contribution < 1.29 is 4.74 Å². The minimum absolute atomic E-state index is 0.474. The molecule has 0 spiro atoms. The lowest BCUT2D eigenvalue weighted by atomic mass is 9.97. The minimum Gasteiger partial charge on any atom is -0.378 e. The molecule has 2 heteroatoms. The van der Waals surface area contributed by atoms with Gasteiger partial charge in [-0.3, -0.25) is 0 Å². The van der Waals surface area contributed by atoms with Crippen LogP contribution < -0.4 is 5.32 Å². The Hall–Kier alpha value is -0.340. The van der Waals surface area contributed by atoms with Crippen molar-refractivity contribution in [1.29, 1.82) is 0 Å². The van der Waals surface area contributed by atoms with Gasteiger partial charge in [0.25, 0.3) is 0 Å². The van der Waals surface area contributed by atoms with E-state index in [1.807, 2.05) is 0 Å². The van der Waals surface area contributed by atoms with Gasteiger partial charge in [-0.2, -0.15) is 0 Å². The standard InChI is InChI=1S/C14H27NO/c1-4-8-15-13(10-12(2)3)11-14-7-5-6-9-16-14/h13-15H,2,4-11H2,1,3H3. The SMILES string of the molecule is C=C(C)CC(CC1CCCCO1)NCCC. The van der Waals surface area contributed by atoms with Gasteiger partial charge in [0.05, 0.1) is 6.10 Å². The van der Waals surface area contributed by atoms with E-state index < -0.39 is 0 Å². The van der Waals surface area contributed by atoms with Crippen LogP contribution in [0.5, 0.6) is 0 Å². The summed E-state index contributed by atoms with van der Waals surface area (Å²) in [6, 6.07) is 0.556. The van der Waals surface area contributed by atoms with Gasteiger partial charge in [0.15, 0.2) is 0 Å². The van der Waals surface area contributed by atoms with Crippen molar-refractivity contribution in [3.05, 3.63) is 12.2 Å². The molecule has 1 saturated heterocycles. The molecule has 2 nitrogen and oxygen atoms in total. The molecule has 1 rings (SSSR count). The molecular weight excluding hydrogens is 198 g/mol. The highest BCUT2D eigenvalue weighted by atomic mass is 16.5. The van der Waals surface area contributed by atoms with Crippen LogP contribution in [0.3, 0.4) is 0 Å². The first kappa shape index (κ1) is 13.7. The van der Waals surface area contributed by atoms with E-state index in [4.69, 9.17) is 4.74 Å². The Morgan fingerprint density at radius 3 is 2.88 bits per heavy atom. The molecule has 1 fully saturated rings. The van der Waals surface area contributed by atoms with E-state index in [9.17, 15) is 0 Å². The quantitative estimate of drug-likeness (QED) is 0.671. The van der Waals surface area contributed by atoms with Crippen molar-refractivity contribution >= 4 is 0 Å². The first-order valence-electron chi connectivity index (χ1n) is 6.71. The lowest BCUT2D eigenvalue weighted by Crippen LogP contribution is -2.35. The molecule has 0 saturated carbocycles. The molecule has 1 aliphatic rings. The normalized spacial score (nSPS) is 23.0. The predicted molar refractivity (Wildman–Crippen MR) is 69.7 cm³/mol. The van der Waals surface area contributed by atoms with Crippen molar-refractivity contribution in [1.82, 2.24) is 5.32 Å². The molecule has 16 heavy (non-hydrogen) atoms. The molecule has 94 valence electrons. The molecular formula is C14H27NO. The van der Waals surface area contributed by atoms with Gasteiger partial charge in [0.2, 0.25) is 0 Å². The molecule has 2 atom stereocenters. The number of rotatable bonds is 7. The zero-order valence-corrected chi connectivity index (χ0v) is 10.9. The van der Waals surface area contributed by atoms with Gasteiger partial charge in [-0.1, -0.05) is 12.5 Å². The highest BCUT2D eigenvalue weighted by molar-refractivity contribution is 4.93. The second kappa shape index (κ2) is 7.86. The number of hydrogen-bond acceptors (Lipinski definition) is 2. The fraction of sp³-hybridized carbons (Fsp3) is 0.857. The van der Waals surface area contributed by atoms with Crippen LogP contribution in [-0.4, -0.2) is 25.3 Å². The highest BCUT2D eigenvalue weighted by Gasteiger charge is 2.19. The molecule has 2 unspecified atom stereocenters. The maximum Gasteiger partial charge on any atom is 0.0590 e. The summed E-state index contributed by atoms with van der Waals surface area (Å²) in [5.41, 5.74) is 1.27. The highest BCUT2D eigenvalue weighted by Crippen LogP contribution is 2.19. The van der Waals surface area contributed by atoms with Crippen LogP contribution in [0.4, 0.5) is 0 Å². The first-order valence-corrected chi connectivity index (χ1v) is 6.71. The summed E-state index contributed by atoms with van der Waals surface area (Å²) in [6.45, 7) is 10.4. The Morgan fingerprint density at radius 1 is 1.50 bits per heavy atom. The summed E-state index contributed by atoms with van der Waals surface area (Å²) in [6.07, 6.45) is 7.70.